The molecule has 5 nitrogen and oxygen atoms in total. The molecule has 1 atom stereocenters. The predicted octanol–water partition coefficient (Wildman–Crippen LogP) is 3.27. The number of ether oxygens (including phenoxy) is 1. The zero-order valence-electron chi connectivity index (χ0n) is 12.7. The molecule has 1 aliphatic rings. The van der Waals surface area contributed by atoms with E-state index in [1.807, 2.05) is 0 Å². The van der Waals surface area contributed by atoms with Crippen LogP contribution in [0.1, 0.15) is 29.5 Å². The summed E-state index contributed by atoms with van der Waals surface area (Å²) in [5.74, 6) is -5.46. The molecule has 0 saturated heterocycles. The first-order valence-electron chi connectivity index (χ1n) is 7.15. The molecule has 0 amide bonds. The van der Waals surface area contributed by atoms with Crippen molar-refractivity contribution in [1.29, 1.82) is 5.26 Å². The lowest BCUT2D eigenvalue weighted by atomic mass is 10.2. The van der Waals surface area contributed by atoms with Gasteiger partial charge in [0.25, 0.3) is 11.5 Å². The second-order valence-electron chi connectivity index (χ2n) is 5.59. The molecular formula is C16H9F5N2O3. The number of pyridine rings is 1. The minimum absolute atomic E-state index is 0.136. The molecule has 1 unspecified atom stereocenters. The van der Waals surface area contributed by atoms with Crippen molar-refractivity contribution in [3.63, 3.8) is 0 Å². The number of rotatable bonds is 3. The zero-order valence-corrected chi connectivity index (χ0v) is 12.7. The van der Waals surface area contributed by atoms with E-state index in [9.17, 15) is 31.9 Å². The lowest BCUT2D eigenvalue weighted by Gasteiger charge is -2.17. The largest absolute Gasteiger partial charge is 0.457 e. The zero-order chi connectivity index (χ0) is 19.2. The number of nitrogens with zero attached hydrogens (tertiary/aromatic N) is 2. The van der Waals surface area contributed by atoms with E-state index in [0.29, 0.717) is 6.07 Å². The van der Waals surface area contributed by atoms with Gasteiger partial charge in [-0.05, 0) is 12.1 Å². The van der Waals surface area contributed by atoms with E-state index in [-0.39, 0.29) is 15.9 Å². The number of aliphatic hydroxyl groups excluding tert-OH is 1. The maximum atomic E-state index is 13.8. The number of fused-ring (bicyclic) bond motifs is 1. The molecule has 3 rings (SSSR count). The van der Waals surface area contributed by atoms with Gasteiger partial charge in [0, 0.05) is 24.1 Å². The molecule has 0 aliphatic heterocycles. The van der Waals surface area contributed by atoms with Crippen LogP contribution in [-0.2, 0) is 6.42 Å². The Kier molecular flexibility index (Phi) is 4.20. The average Bonchev–Trinajstić information content (AvgIpc) is 2.77. The molecular weight excluding hydrogens is 363 g/mol. The Hall–Kier alpha value is -2.93. The molecule has 0 spiro atoms. The Morgan fingerprint density at radius 3 is 2.62 bits per heavy atom. The van der Waals surface area contributed by atoms with E-state index in [1.165, 1.54) is 0 Å². The predicted molar refractivity (Wildman–Crippen MR) is 76.8 cm³/mol. The highest BCUT2D eigenvalue weighted by Crippen LogP contribution is 2.47. The van der Waals surface area contributed by atoms with Crippen LogP contribution >= 0.6 is 0 Å². The van der Waals surface area contributed by atoms with Crippen molar-refractivity contribution in [3.8, 4) is 17.6 Å². The fraction of sp³-hybridized carbons (Fsp3) is 0.250. The van der Waals surface area contributed by atoms with Gasteiger partial charge in [0.2, 0.25) is 0 Å². The van der Waals surface area contributed by atoms with Crippen molar-refractivity contribution in [1.82, 2.24) is 4.57 Å². The van der Waals surface area contributed by atoms with E-state index >= 15 is 0 Å². The fourth-order valence-corrected chi connectivity index (χ4v) is 2.77. The fourth-order valence-electron chi connectivity index (χ4n) is 2.77. The number of aromatic nitrogens is 1. The number of nitriles is 1. The Balaban J connectivity index is 2.17. The van der Waals surface area contributed by atoms with Crippen molar-refractivity contribution >= 4 is 0 Å². The van der Waals surface area contributed by atoms with Crippen LogP contribution in [0.15, 0.2) is 29.1 Å². The summed E-state index contributed by atoms with van der Waals surface area (Å²) < 4.78 is 72.3. The molecule has 1 N–H and O–H groups in total. The summed E-state index contributed by atoms with van der Waals surface area (Å²) in [7, 11) is 0. The summed E-state index contributed by atoms with van der Waals surface area (Å²) in [6, 6.07) is 5.01. The summed E-state index contributed by atoms with van der Waals surface area (Å²) in [6.45, 7) is -3.45. The number of hydrogen-bond acceptors (Lipinski definition) is 4. The van der Waals surface area contributed by atoms with Gasteiger partial charge in [-0.25, -0.2) is 13.2 Å². The molecule has 10 heteroatoms. The quantitative estimate of drug-likeness (QED) is 0.840. The van der Waals surface area contributed by atoms with Crippen LogP contribution in [0.3, 0.4) is 0 Å². The van der Waals surface area contributed by atoms with Gasteiger partial charge in [0.05, 0.1) is 17.3 Å². The Morgan fingerprint density at radius 1 is 1.31 bits per heavy atom. The summed E-state index contributed by atoms with van der Waals surface area (Å²) in [6.07, 6.45) is -3.77. The summed E-state index contributed by atoms with van der Waals surface area (Å²) in [4.78, 5) is 11.9. The molecule has 1 aliphatic carbocycles. The molecule has 2 aromatic rings. The first kappa shape index (κ1) is 17.9. The van der Waals surface area contributed by atoms with Crippen LogP contribution in [0.4, 0.5) is 22.0 Å². The molecule has 1 aromatic heterocycles. The molecule has 136 valence electrons. The van der Waals surface area contributed by atoms with Gasteiger partial charge in [-0.1, -0.05) is 0 Å². The van der Waals surface area contributed by atoms with Crippen molar-refractivity contribution < 1.29 is 31.8 Å². The Bertz CT molecular complexity index is 981. The highest BCUT2D eigenvalue weighted by atomic mass is 19.3. The number of hydrogen-bond donors (Lipinski definition) is 1. The van der Waals surface area contributed by atoms with E-state index in [0.717, 1.165) is 18.2 Å². The lowest BCUT2D eigenvalue weighted by molar-refractivity contribution is -0.102. The Labute approximate surface area is 142 Å². The van der Waals surface area contributed by atoms with Crippen molar-refractivity contribution in [2.45, 2.75) is 25.0 Å². The van der Waals surface area contributed by atoms with Gasteiger partial charge in [0.1, 0.15) is 17.3 Å². The first-order valence-corrected chi connectivity index (χ1v) is 7.15. The van der Waals surface area contributed by atoms with Crippen LogP contribution in [-0.4, -0.2) is 15.6 Å². The minimum Gasteiger partial charge on any atom is -0.457 e. The third-order valence-corrected chi connectivity index (χ3v) is 3.85. The molecule has 0 bridgehead atoms. The maximum absolute atomic E-state index is 13.8. The summed E-state index contributed by atoms with van der Waals surface area (Å²) >= 11 is 0. The van der Waals surface area contributed by atoms with Gasteiger partial charge in [0.15, 0.2) is 6.10 Å². The van der Waals surface area contributed by atoms with Crippen LogP contribution in [0.2, 0.25) is 0 Å². The van der Waals surface area contributed by atoms with Gasteiger partial charge >= 0.3 is 6.55 Å². The van der Waals surface area contributed by atoms with Crippen LogP contribution in [0.25, 0.3) is 0 Å². The van der Waals surface area contributed by atoms with Gasteiger partial charge in [-0.15, -0.1) is 0 Å². The van der Waals surface area contributed by atoms with Gasteiger partial charge in [-0.3, -0.25) is 9.36 Å². The van der Waals surface area contributed by atoms with E-state index in [2.05, 4.69) is 0 Å². The van der Waals surface area contributed by atoms with Crippen molar-refractivity contribution in [2.24, 2.45) is 0 Å². The average molecular weight is 372 g/mol. The van der Waals surface area contributed by atoms with Crippen molar-refractivity contribution in [3.05, 3.63) is 57.3 Å². The van der Waals surface area contributed by atoms with E-state index in [4.69, 9.17) is 10.00 Å². The monoisotopic (exact) mass is 372 g/mol. The molecule has 0 radical (unpaired) electrons. The maximum Gasteiger partial charge on any atom is 0.321 e. The number of benzene rings is 1. The Morgan fingerprint density at radius 2 is 2.00 bits per heavy atom. The second kappa shape index (κ2) is 6.10. The molecule has 0 fully saturated rings. The third-order valence-electron chi connectivity index (χ3n) is 3.85. The molecule has 1 heterocycles. The van der Waals surface area contributed by atoms with Gasteiger partial charge < -0.3 is 9.84 Å². The highest BCUT2D eigenvalue weighted by molar-refractivity contribution is 5.47. The number of alkyl halides is 4. The standard InChI is InChI=1S/C16H9F5N2O3/c17-8-1-7(6-22)2-9(3-8)26-11-4-12(24)23(15(18)19)13-10(11)5-16(20,21)14(13)25/h1-4,14-15,25H,5H2. The van der Waals surface area contributed by atoms with Crippen LogP contribution in [0, 0.1) is 17.1 Å². The number of halogens is 5. The topological polar surface area (TPSA) is 75.2 Å². The van der Waals surface area contributed by atoms with Crippen LogP contribution < -0.4 is 10.3 Å². The van der Waals surface area contributed by atoms with E-state index in [1.54, 1.807) is 6.07 Å². The second-order valence-corrected chi connectivity index (χ2v) is 5.59. The normalized spacial score (nSPS) is 17.8. The molecule has 0 saturated carbocycles. The third kappa shape index (κ3) is 2.90. The van der Waals surface area contributed by atoms with E-state index < -0.39 is 53.4 Å². The van der Waals surface area contributed by atoms with Crippen molar-refractivity contribution in [2.75, 3.05) is 0 Å². The highest BCUT2D eigenvalue weighted by Gasteiger charge is 2.51. The smallest absolute Gasteiger partial charge is 0.321 e. The summed E-state index contributed by atoms with van der Waals surface area (Å²) in [5.41, 5.74) is -2.96. The van der Waals surface area contributed by atoms with Gasteiger partial charge in [-0.2, -0.15) is 14.0 Å². The molecule has 26 heavy (non-hydrogen) atoms. The number of aliphatic hydroxyl groups is 1. The lowest BCUT2D eigenvalue weighted by Crippen LogP contribution is -2.28. The SMILES string of the molecule is N#Cc1cc(F)cc(Oc2cc(=O)n(C(F)F)c3c2CC(F)(F)C3O)c1. The minimum atomic E-state index is -3.79. The summed E-state index contributed by atoms with van der Waals surface area (Å²) in [5, 5.41) is 18.5. The molecule has 1 aromatic carbocycles. The first-order chi connectivity index (χ1) is 12.1. The van der Waals surface area contributed by atoms with Crippen LogP contribution in [0.5, 0.6) is 11.5 Å².